The fourth-order valence-electron chi connectivity index (χ4n) is 2.30. The maximum Gasteiger partial charge on any atom is 0.255 e. The number of nitrogens with zero attached hydrogens (tertiary/aromatic N) is 1. The Hall–Kier alpha value is -2.43. The minimum atomic E-state index is -3.85. The monoisotopic (exact) mass is 412 g/mol. The van der Waals surface area contributed by atoms with Crippen molar-refractivity contribution in [3.8, 4) is 5.75 Å². The molecule has 0 spiro atoms. The van der Waals surface area contributed by atoms with E-state index in [0.717, 1.165) is 10.6 Å². The third-order valence-corrected chi connectivity index (χ3v) is 6.71. The summed E-state index contributed by atoms with van der Waals surface area (Å²) in [4.78, 5) is 12.4. The van der Waals surface area contributed by atoms with Gasteiger partial charge in [0.05, 0.1) is 17.7 Å². The molecule has 0 aromatic heterocycles. The standard InChI is InChI=1S/C17H20N2O6S2/c1-19(2)27(23,24)16-11-12(9-10-14(16)25-3)17(20)18-13-7-5-6-8-15(13)26(4,21)22/h5-11H,1-4H3,(H,18,20). The Morgan fingerprint density at radius 2 is 1.63 bits per heavy atom. The number of anilines is 1. The first-order valence-electron chi connectivity index (χ1n) is 7.69. The van der Waals surface area contributed by atoms with Crippen molar-refractivity contribution in [3.63, 3.8) is 0 Å². The molecule has 146 valence electrons. The van der Waals surface area contributed by atoms with E-state index in [0.29, 0.717) is 0 Å². The van der Waals surface area contributed by atoms with Crippen LogP contribution < -0.4 is 10.1 Å². The van der Waals surface area contributed by atoms with E-state index in [2.05, 4.69) is 5.32 Å². The molecule has 0 heterocycles. The maximum atomic E-state index is 12.6. The van der Waals surface area contributed by atoms with E-state index < -0.39 is 25.8 Å². The summed E-state index contributed by atoms with van der Waals surface area (Å²) in [5, 5.41) is 2.51. The van der Waals surface area contributed by atoms with Crippen LogP contribution in [0.15, 0.2) is 52.3 Å². The molecule has 0 aliphatic carbocycles. The van der Waals surface area contributed by atoms with Crippen molar-refractivity contribution >= 4 is 31.5 Å². The number of hydrogen-bond donors (Lipinski definition) is 1. The molecule has 8 nitrogen and oxygen atoms in total. The van der Waals surface area contributed by atoms with Crippen molar-refractivity contribution in [1.29, 1.82) is 0 Å². The lowest BCUT2D eigenvalue weighted by Gasteiger charge is -2.16. The first kappa shape index (κ1) is 20.9. The molecule has 2 rings (SSSR count). The number of carbonyl (C=O) groups excluding carboxylic acids is 1. The number of carbonyl (C=O) groups is 1. The van der Waals surface area contributed by atoms with E-state index >= 15 is 0 Å². The molecule has 0 radical (unpaired) electrons. The maximum absolute atomic E-state index is 12.6. The Balaban J connectivity index is 2.48. The molecule has 1 N–H and O–H groups in total. The second kappa shape index (κ2) is 7.67. The van der Waals surface area contributed by atoms with Gasteiger partial charge in [0.15, 0.2) is 9.84 Å². The van der Waals surface area contributed by atoms with E-state index in [1.54, 1.807) is 12.1 Å². The molecule has 0 bridgehead atoms. The smallest absolute Gasteiger partial charge is 0.255 e. The topological polar surface area (TPSA) is 110 Å². The number of methoxy groups -OCH3 is 1. The van der Waals surface area contributed by atoms with Gasteiger partial charge in [-0.15, -0.1) is 0 Å². The number of amides is 1. The molecule has 0 aliphatic rings. The van der Waals surface area contributed by atoms with Crippen LogP contribution in [0.2, 0.25) is 0 Å². The normalized spacial score (nSPS) is 12.0. The average molecular weight is 412 g/mol. The van der Waals surface area contributed by atoms with Gasteiger partial charge in [0, 0.05) is 25.9 Å². The first-order chi connectivity index (χ1) is 12.5. The third-order valence-electron chi connectivity index (χ3n) is 3.72. The highest BCUT2D eigenvalue weighted by Gasteiger charge is 2.24. The molecule has 0 aliphatic heterocycles. The van der Waals surface area contributed by atoms with Gasteiger partial charge in [-0.2, -0.15) is 0 Å². The highest BCUT2D eigenvalue weighted by molar-refractivity contribution is 7.91. The van der Waals surface area contributed by atoms with Crippen molar-refractivity contribution in [2.75, 3.05) is 32.8 Å². The zero-order valence-corrected chi connectivity index (χ0v) is 16.9. The molecule has 2 aromatic rings. The molecule has 27 heavy (non-hydrogen) atoms. The van der Waals surface area contributed by atoms with Crippen LogP contribution in [0.5, 0.6) is 5.75 Å². The predicted molar refractivity (Wildman–Crippen MR) is 101 cm³/mol. The molecular formula is C17H20N2O6S2. The lowest BCUT2D eigenvalue weighted by molar-refractivity contribution is 0.102. The average Bonchev–Trinajstić information content (AvgIpc) is 2.60. The minimum Gasteiger partial charge on any atom is -0.495 e. The van der Waals surface area contributed by atoms with E-state index in [-0.39, 0.29) is 26.8 Å². The van der Waals surface area contributed by atoms with Gasteiger partial charge < -0.3 is 10.1 Å². The number of nitrogens with one attached hydrogen (secondary N) is 1. The number of benzene rings is 2. The highest BCUT2D eigenvalue weighted by Crippen LogP contribution is 2.28. The van der Waals surface area contributed by atoms with Crippen LogP contribution in [-0.2, 0) is 19.9 Å². The number of rotatable bonds is 6. The van der Waals surface area contributed by atoms with Crippen LogP contribution in [0.3, 0.4) is 0 Å². The van der Waals surface area contributed by atoms with Crippen LogP contribution in [0.1, 0.15) is 10.4 Å². The third kappa shape index (κ3) is 4.46. The van der Waals surface area contributed by atoms with Gasteiger partial charge in [0.1, 0.15) is 10.6 Å². The SMILES string of the molecule is COc1ccc(C(=O)Nc2ccccc2S(C)(=O)=O)cc1S(=O)(=O)N(C)C. The van der Waals surface area contributed by atoms with Crippen molar-refractivity contribution in [3.05, 3.63) is 48.0 Å². The molecule has 0 unspecified atom stereocenters. The van der Waals surface area contributed by atoms with Crippen LogP contribution in [0.4, 0.5) is 5.69 Å². The lowest BCUT2D eigenvalue weighted by atomic mass is 10.2. The molecule has 10 heteroatoms. The van der Waals surface area contributed by atoms with E-state index in [1.165, 1.54) is 51.5 Å². The van der Waals surface area contributed by atoms with Gasteiger partial charge in [0.25, 0.3) is 5.91 Å². The van der Waals surface area contributed by atoms with Gasteiger partial charge in [-0.05, 0) is 30.3 Å². The van der Waals surface area contributed by atoms with E-state index in [1.807, 2.05) is 0 Å². The van der Waals surface area contributed by atoms with Gasteiger partial charge >= 0.3 is 0 Å². The fraction of sp³-hybridized carbons (Fsp3) is 0.235. The quantitative estimate of drug-likeness (QED) is 0.772. The summed E-state index contributed by atoms with van der Waals surface area (Å²) in [7, 11) is -3.34. The van der Waals surface area contributed by atoms with Crippen molar-refractivity contribution in [2.24, 2.45) is 0 Å². The number of para-hydroxylation sites is 1. The summed E-state index contributed by atoms with van der Waals surface area (Å²) in [6.07, 6.45) is 1.03. The number of sulfone groups is 1. The Morgan fingerprint density at radius 1 is 1.00 bits per heavy atom. The van der Waals surface area contributed by atoms with Crippen molar-refractivity contribution in [2.45, 2.75) is 9.79 Å². The molecule has 0 saturated heterocycles. The number of sulfonamides is 1. The largest absolute Gasteiger partial charge is 0.495 e. The van der Waals surface area contributed by atoms with Crippen LogP contribution >= 0.6 is 0 Å². The highest BCUT2D eigenvalue weighted by atomic mass is 32.2. The summed E-state index contributed by atoms with van der Waals surface area (Å²) in [5.74, 6) is -0.555. The van der Waals surface area contributed by atoms with Crippen LogP contribution in [0.25, 0.3) is 0 Å². The lowest BCUT2D eigenvalue weighted by Crippen LogP contribution is -2.23. The summed E-state index contributed by atoms with van der Waals surface area (Å²) >= 11 is 0. The summed E-state index contributed by atoms with van der Waals surface area (Å²) < 4.78 is 54.7. The van der Waals surface area contributed by atoms with Crippen molar-refractivity contribution in [1.82, 2.24) is 4.31 Å². The van der Waals surface area contributed by atoms with Gasteiger partial charge in [-0.3, -0.25) is 4.79 Å². The van der Waals surface area contributed by atoms with Gasteiger partial charge in [0.2, 0.25) is 10.0 Å². The Bertz CT molecular complexity index is 1080. The summed E-state index contributed by atoms with van der Waals surface area (Å²) in [6.45, 7) is 0. The van der Waals surface area contributed by atoms with Crippen molar-refractivity contribution < 1.29 is 26.4 Å². The second-order valence-corrected chi connectivity index (χ2v) is 9.98. The Labute approximate surface area is 158 Å². The number of hydrogen-bond acceptors (Lipinski definition) is 6. The van der Waals surface area contributed by atoms with Crippen LogP contribution in [0, 0.1) is 0 Å². The second-order valence-electron chi connectivity index (χ2n) is 5.88. The first-order valence-corrected chi connectivity index (χ1v) is 11.0. The molecule has 2 aromatic carbocycles. The molecule has 1 amide bonds. The summed E-state index contributed by atoms with van der Waals surface area (Å²) in [6, 6.07) is 9.91. The fourth-order valence-corrected chi connectivity index (χ4v) is 4.22. The molecular weight excluding hydrogens is 392 g/mol. The molecule has 0 atom stereocenters. The van der Waals surface area contributed by atoms with E-state index in [4.69, 9.17) is 4.74 Å². The minimum absolute atomic E-state index is 0.0343. The zero-order chi connectivity index (χ0) is 20.4. The predicted octanol–water partition coefficient (Wildman–Crippen LogP) is 1.60. The Kier molecular flexibility index (Phi) is 5.93. The van der Waals surface area contributed by atoms with E-state index in [9.17, 15) is 21.6 Å². The van der Waals surface area contributed by atoms with Gasteiger partial charge in [-0.25, -0.2) is 21.1 Å². The van der Waals surface area contributed by atoms with Crippen LogP contribution in [-0.4, -0.2) is 54.5 Å². The summed E-state index contributed by atoms with van der Waals surface area (Å²) in [5.41, 5.74) is 0.150. The Morgan fingerprint density at radius 3 is 2.19 bits per heavy atom. The number of ether oxygens (including phenoxy) is 1. The molecule has 0 fully saturated rings. The van der Waals surface area contributed by atoms with Gasteiger partial charge in [-0.1, -0.05) is 12.1 Å². The molecule has 0 saturated carbocycles. The zero-order valence-electron chi connectivity index (χ0n) is 15.3.